The van der Waals surface area contributed by atoms with E-state index in [2.05, 4.69) is 0 Å². The van der Waals surface area contributed by atoms with Gasteiger partial charge in [-0.1, -0.05) is 11.6 Å². The van der Waals surface area contributed by atoms with Crippen LogP contribution >= 0.6 is 22.9 Å². The van der Waals surface area contributed by atoms with Gasteiger partial charge in [0.05, 0.1) is 27.1 Å². The lowest BCUT2D eigenvalue weighted by Gasteiger charge is -2.18. The van der Waals surface area contributed by atoms with Gasteiger partial charge in [0.25, 0.3) is 11.6 Å². The Bertz CT molecular complexity index is 868. The first-order valence-corrected chi connectivity index (χ1v) is 8.99. The van der Waals surface area contributed by atoms with Gasteiger partial charge in [0.1, 0.15) is 0 Å². The standard InChI is InChI=1S/C17H18ClN3O5S/c1-19(2)14-6-4-11(21(24)25)8-13(14)17(23)26-10-16(22)20(3)9-12-5-7-15(18)27-12/h4-8H,9-10H2,1-3H3. The molecule has 0 aliphatic rings. The van der Waals surface area contributed by atoms with E-state index in [4.69, 9.17) is 16.3 Å². The fourth-order valence-electron chi connectivity index (χ4n) is 2.26. The first-order chi connectivity index (χ1) is 12.7. The summed E-state index contributed by atoms with van der Waals surface area (Å²) >= 11 is 7.22. The van der Waals surface area contributed by atoms with Crippen LogP contribution in [0.3, 0.4) is 0 Å². The van der Waals surface area contributed by atoms with Crippen molar-refractivity contribution >= 4 is 46.2 Å². The molecule has 0 N–H and O–H groups in total. The molecule has 0 spiro atoms. The SMILES string of the molecule is CN(Cc1ccc(Cl)s1)C(=O)COC(=O)c1cc([N+](=O)[O-])ccc1N(C)C. The molecule has 0 atom stereocenters. The van der Waals surface area contributed by atoms with Crippen molar-refractivity contribution in [3.8, 4) is 0 Å². The Morgan fingerprint density at radius 2 is 1.93 bits per heavy atom. The average molecular weight is 412 g/mol. The van der Waals surface area contributed by atoms with Gasteiger partial charge in [-0.3, -0.25) is 14.9 Å². The molecular formula is C17H18ClN3O5S. The largest absolute Gasteiger partial charge is 0.452 e. The van der Waals surface area contributed by atoms with Crippen molar-refractivity contribution in [3.63, 3.8) is 0 Å². The van der Waals surface area contributed by atoms with Crippen LogP contribution in [-0.2, 0) is 16.1 Å². The molecule has 1 heterocycles. The van der Waals surface area contributed by atoms with Crippen LogP contribution in [0.1, 0.15) is 15.2 Å². The Morgan fingerprint density at radius 3 is 2.48 bits per heavy atom. The number of ether oxygens (including phenoxy) is 1. The van der Waals surface area contributed by atoms with E-state index >= 15 is 0 Å². The summed E-state index contributed by atoms with van der Waals surface area (Å²) in [7, 11) is 4.98. The van der Waals surface area contributed by atoms with Gasteiger partial charge < -0.3 is 14.5 Å². The molecular weight excluding hydrogens is 394 g/mol. The van der Waals surface area contributed by atoms with Gasteiger partial charge in [0.2, 0.25) is 0 Å². The van der Waals surface area contributed by atoms with Crippen molar-refractivity contribution in [2.75, 3.05) is 32.6 Å². The Hall–Kier alpha value is -2.65. The number of hydrogen-bond acceptors (Lipinski definition) is 7. The van der Waals surface area contributed by atoms with Gasteiger partial charge in [-0.2, -0.15) is 0 Å². The number of amides is 1. The highest BCUT2D eigenvalue weighted by Crippen LogP contribution is 2.25. The summed E-state index contributed by atoms with van der Waals surface area (Å²) in [5.74, 6) is -1.20. The molecule has 1 aromatic carbocycles. The van der Waals surface area contributed by atoms with Crippen LogP contribution in [0.2, 0.25) is 4.34 Å². The number of benzene rings is 1. The van der Waals surface area contributed by atoms with E-state index in [-0.39, 0.29) is 11.3 Å². The molecule has 8 nitrogen and oxygen atoms in total. The molecule has 144 valence electrons. The quantitative estimate of drug-likeness (QED) is 0.394. The molecule has 0 aliphatic heterocycles. The number of likely N-dealkylation sites (N-methyl/N-ethyl adjacent to an activating group) is 1. The zero-order valence-corrected chi connectivity index (χ0v) is 16.5. The van der Waals surface area contributed by atoms with Crippen molar-refractivity contribution in [2.24, 2.45) is 0 Å². The van der Waals surface area contributed by atoms with Crippen LogP contribution in [-0.4, -0.2) is 49.4 Å². The van der Waals surface area contributed by atoms with Gasteiger partial charge in [0.15, 0.2) is 6.61 Å². The highest BCUT2D eigenvalue weighted by molar-refractivity contribution is 7.16. The molecule has 0 aliphatic carbocycles. The molecule has 1 amide bonds. The number of esters is 1. The Morgan fingerprint density at radius 1 is 1.22 bits per heavy atom. The molecule has 0 saturated carbocycles. The molecule has 27 heavy (non-hydrogen) atoms. The zero-order chi connectivity index (χ0) is 20.1. The predicted molar refractivity (Wildman–Crippen MR) is 104 cm³/mol. The lowest BCUT2D eigenvalue weighted by atomic mass is 10.1. The second kappa shape index (κ2) is 8.83. The second-order valence-electron chi connectivity index (χ2n) is 5.88. The van der Waals surface area contributed by atoms with Crippen molar-refractivity contribution in [1.82, 2.24) is 4.90 Å². The van der Waals surface area contributed by atoms with Crippen LogP contribution in [0, 0.1) is 10.1 Å². The number of nitrogens with zero attached hydrogens (tertiary/aromatic N) is 3. The molecule has 0 saturated heterocycles. The summed E-state index contributed by atoms with van der Waals surface area (Å²) in [6.07, 6.45) is 0. The topological polar surface area (TPSA) is 93.0 Å². The third kappa shape index (κ3) is 5.41. The highest BCUT2D eigenvalue weighted by Gasteiger charge is 2.21. The lowest BCUT2D eigenvalue weighted by molar-refractivity contribution is -0.384. The van der Waals surface area contributed by atoms with Crippen LogP contribution in [0.5, 0.6) is 0 Å². The van der Waals surface area contributed by atoms with Crippen molar-refractivity contribution < 1.29 is 19.2 Å². The molecule has 0 fully saturated rings. The summed E-state index contributed by atoms with van der Waals surface area (Å²) in [4.78, 5) is 38.9. The first-order valence-electron chi connectivity index (χ1n) is 7.80. The number of carbonyl (C=O) groups is 2. The van der Waals surface area contributed by atoms with E-state index in [9.17, 15) is 19.7 Å². The van der Waals surface area contributed by atoms with Crippen molar-refractivity contribution in [1.29, 1.82) is 0 Å². The predicted octanol–water partition coefficient (Wildman–Crippen LogP) is 3.19. The minimum Gasteiger partial charge on any atom is -0.452 e. The molecule has 10 heteroatoms. The third-order valence-corrected chi connectivity index (χ3v) is 4.88. The minimum absolute atomic E-state index is 0.0229. The summed E-state index contributed by atoms with van der Waals surface area (Å²) < 4.78 is 5.70. The molecule has 0 unspecified atom stereocenters. The first kappa shape index (κ1) is 20.7. The number of anilines is 1. The summed E-state index contributed by atoms with van der Waals surface area (Å²) in [6.45, 7) is -0.127. The number of halogens is 1. The zero-order valence-electron chi connectivity index (χ0n) is 15.0. The lowest BCUT2D eigenvalue weighted by Crippen LogP contribution is -2.30. The number of rotatable bonds is 7. The second-order valence-corrected chi connectivity index (χ2v) is 7.68. The van der Waals surface area contributed by atoms with E-state index in [1.54, 1.807) is 32.1 Å². The highest BCUT2D eigenvalue weighted by atomic mass is 35.5. The number of thiophene rings is 1. The van der Waals surface area contributed by atoms with E-state index in [1.807, 2.05) is 6.07 Å². The summed E-state index contributed by atoms with van der Waals surface area (Å²) in [5.41, 5.74) is 0.250. The summed E-state index contributed by atoms with van der Waals surface area (Å²) in [5, 5.41) is 11.0. The Labute approximate surface area is 165 Å². The fraction of sp³-hybridized carbons (Fsp3) is 0.294. The maximum Gasteiger partial charge on any atom is 0.341 e. The Balaban J connectivity index is 2.04. The van der Waals surface area contributed by atoms with Crippen molar-refractivity contribution in [2.45, 2.75) is 6.54 Å². The van der Waals surface area contributed by atoms with E-state index in [1.165, 1.54) is 28.4 Å². The Kier molecular flexibility index (Phi) is 6.75. The molecule has 2 aromatic rings. The van der Waals surface area contributed by atoms with Gasteiger partial charge in [-0.25, -0.2) is 4.79 Å². The van der Waals surface area contributed by atoms with Gasteiger partial charge >= 0.3 is 5.97 Å². The van der Waals surface area contributed by atoms with Crippen molar-refractivity contribution in [3.05, 3.63) is 55.2 Å². The molecule has 2 rings (SSSR count). The van der Waals surface area contributed by atoms with Gasteiger partial charge in [-0.15, -0.1) is 11.3 Å². The molecule has 0 radical (unpaired) electrons. The number of non-ortho nitro benzene ring substituents is 1. The number of nitro benzene ring substituents is 1. The van der Waals surface area contributed by atoms with Gasteiger partial charge in [0, 0.05) is 38.2 Å². The average Bonchev–Trinajstić information content (AvgIpc) is 3.03. The fourth-order valence-corrected chi connectivity index (χ4v) is 3.41. The minimum atomic E-state index is -0.802. The normalized spacial score (nSPS) is 10.4. The van der Waals surface area contributed by atoms with E-state index < -0.39 is 23.4 Å². The van der Waals surface area contributed by atoms with Crippen LogP contribution in [0.4, 0.5) is 11.4 Å². The smallest absolute Gasteiger partial charge is 0.341 e. The van der Waals surface area contributed by atoms with Crippen LogP contribution in [0.15, 0.2) is 30.3 Å². The van der Waals surface area contributed by atoms with Crippen LogP contribution < -0.4 is 4.90 Å². The number of carbonyl (C=O) groups excluding carboxylic acids is 2. The molecule has 0 bridgehead atoms. The number of nitro groups is 1. The van der Waals surface area contributed by atoms with Crippen LogP contribution in [0.25, 0.3) is 0 Å². The maximum absolute atomic E-state index is 12.4. The number of hydrogen-bond donors (Lipinski definition) is 0. The van der Waals surface area contributed by atoms with E-state index in [0.29, 0.717) is 16.6 Å². The summed E-state index contributed by atoms with van der Waals surface area (Å²) in [6, 6.07) is 7.46. The molecule has 1 aromatic heterocycles. The third-order valence-electron chi connectivity index (χ3n) is 3.67. The monoisotopic (exact) mass is 411 g/mol. The maximum atomic E-state index is 12.4. The van der Waals surface area contributed by atoms with E-state index in [0.717, 1.165) is 10.9 Å². The van der Waals surface area contributed by atoms with Gasteiger partial charge in [-0.05, 0) is 18.2 Å².